The van der Waals surface area contributed by atoms with Crippen molar-refractivity contribution in [3.63, 3.8) is 0 Å². The van der Waals surface area contributed by atoms with Crippen LogP contribution in [0.3, 0.4) is 0 Å². The van der Waals surface area contributed by atoms with Gasteiger partial charge in [-0.3, -0.25) is 14.8 Å². The fraction of sp³-hybridized carbons (Fsp3) is 0.333. The Kier molecular flexibility index (Phi) is 3.94. The summed E-state index contributed by atoms with van der Waals surface area (Å²) < 4.78 is 9.75. The molecular formula is C12H13N3O5. The fourth-order valence-corrected chi connectivity index (χ4v) is 1.68. The van der Waals surface area contributed by atoms with Gasteiger partial charge < -0.3 is 9.47 Å². The molecule has 0 spiro atoms. The van der Waals surface area contributed by atoms with E-state index in [0.717, 1.165) is 0 Å². The molecule has 2 aromatic heterocycles. The van der Waals surface area contributed by atoms with Crippen LogP contribution in [0.5, 0.6) is 0 Å². The van der Waals surface area contributed by atoms with Gasteiger partial charge in [-0.25, -0.2) is 14.6 Å². The molecule has 8 heteroatoms. The van der Waals surface area contributed by atoms with E-state index in [4.69, 9.17) is 9.47 Å². The second kappa shape index (κ2) is 5.66. The number of ether oxygens (including phenoxy) is 2. The minimum absolute atomic E-state index is 0.106. The number of carbonyl (C=O) groups excluding carboxylic acids is 1. The summed E-state index contributed by atoms with van der Waals surface area (Å²) in [5.74, 6) is -0.598. The van der Waals surface area contributed by atoms with Crippen LogP contribution in [0.15, 0.2) is 15.7 Å². The number of rotatable bonds is 4. The Morgan fingerprint density at radius 1 is 1.30 bits per heavy atom. The SMILES string of the molecule is COCCOC(=O)c1cc2c(=O)[nH]c(=O)[nH]c2nc1C. The van der Waals surface area contributed by atoms with Crippen LogP contribution in [0.1, 0.15) is 16.1 Å². The van der Waals surface area contributed by atoms with E-state index in [0.29, 0.717) is 5.69 Å². The quantitative estimate of drug-likeness (QED) is 0.588. The predicted octanol–water partition coefficient (Wildman–Crippen LogP) is -0.277. The van der Waals surface area contributed by atoms with Gasteiger partial charge in [-0.05, 0) is 13.0 Å². The summed E-state index contributed by atoms with van der Waals surface area (Å²) in [7, 11) is 1.49. The number of esters is 1. The fourth-order valence-electron chi connectivity index (χ4n) is 1.68. The molecule has 0 saturated carbocycles. The molecule has 0 unspecified atom stereocenters. The van der Waals surface area contributed by atoms with Crippen molar-refractivity contribution in [2.24, 2.45) is 0 Å². The predicted molar refractivity (Wildman–Crippen MR) is 69.9 cm³/mol. The number of nitrogens with zero attached hydrogens (tertiary/aromatic N) is 1. The van der Waals surface area contributed by atoms with Crippen LogP contribution in [0, 0.1) is 6.92 Å². The number of aromatic amines is 2. The van der Waals surface area contributed by atoms with E-state index < -0.39 is 17.2 Å². The first-order chi connectivity index (χ1) is 9.52. The van der Waals surface area contributed by atoms with E-state index in [-0.39, 0.29) is 29.8 Å². The summed E-state index contributed by atoms with van der Waals surface area (Å²) in [6.07, 6.45) is 0. The van der Waals surface area contributed by atoms with Crippen molar-refractivity contribution in [1.82, 2.24) is 15.0 Å². The molecule has 2 aromatic rings. The zero-order valence-electron chi connectivity index (χ0n) is 11.0. The highest BCUT2D eigenvalue weighted by atomic mass is 16.6. The monoisotopic (exact) mass is 279 g/mol. The number of aryl methyl sites for hydroxylation is 1. The molecule has 2 N–H and O–H groups in total. The minimum Gasteiger partial charge on any atom is -0.460 e. The number of hydrogen-bond donors (Lipinski definition) is 2. The van der Waals surface area contributed by atoms with Crippen LogP contribution in [0.2, 0.25) is 0 Å². The topological polar surface area (TPSA) is 114 Å². The molecule has 2 rings (SSSR count). The third-order valence-corrected chi connectivity index (χ3v) is 2.66. The molecule has 0 radical (unpaired) electrons. The lowest BCUT2D eigenvalue weighted by molar-refractivity contribution is 0.0387. The zero-order chi connectivity index (χ0) is 14.7. The van der Waals surface area contributed by atoms with Gasteiger partial charge in [0.05, 0.1) is 23.3 Å². The van der Waals surface area contributed by atoms with Gasteiger partial charge >= 0.3 is 11.7 Å². The Morgan fingerprint density at radius 3 is 2.75 bits per heavy atom. The van der Waals surface area contributed by atoms with Crippen LogP contribution < -0.4 is 11.2 Å². The lowest BCUT2D eigenvalue weighted by Crippen LogP contribution is -2.23. The van der Waals surface area contributed by atoms with Crippen molar-refractivity contribution < 1.29 is 14.3 Å². The lowest BCUT2D eigenvalue weighted by atomic mass is 10.1. The largest absolute Gasteiger partial charge is 0.460 e. The molecule has 0 aliphatic rings. The molecule has 2 heterocycles. The Hall–Kier alpha value is -2.48. The molecule has 0 saturated heterocycles. The van der Waals surface area contributed by atoms with Crippen LogP contribution in [0.25, 0.3) is 11.0 Å². The molecule has 20 heavy (non-hydrogen) atoms. The number of nitrogens with one attached hydrogen (secondary N) is 2. The van der Waals surface area contributed by atoms with Crippen LogP contribution in [-0.4, -0.2) is 41.2 Å². The van der Waals surface area contributed by atoms with Gasteiger partial charge in [-0.15, -0.1) is 0 Å². The molecule has 0 aliphatic carbocycles. The van der Waals surface area contributed by atoms with Gasteiger partial charge in [0, 0.05) is 7.11 Å². The number of fused-ring (bicyclic) bond motifs is 1. The maximum absolute atomic E-state index is 11.9. The molecule has 0 aliphatic heterocycles. The molecule has 0 amide bonds. The molecule has 0 bridgehead atoms. The molecule has 0 atom stereocenters. The number of carbonyl (C=O) groups is 1. The zero-order valence-corrected chi connectivity index (χ0v) is 11.0. The smallest absolute Gasteiger partial charge is 0.340 e. The number of methoxy groups -OCH3 is 1. The molecule has 0 aromatic carbocycles. The van der Waals surface area contributed by atoms with E-state index in [1.807, 2.05) is 0 Å². The second-order valence-electron chi connectivity index (χ2n) is 4.05. The summed E-state index contributed by atoms with van der Waals surface area (Å²) in [6.45, 7) is 1.97. The Bertz CT molecular complexity index is 762. The Morgan fingerprint density at radius 2 is 2.05 bits per heavy atom. The van der Waals surface area contributed by atoms with Crippen LogP contribution in [-0.2, 0) is 9.47 Å². The van der Waals surface area contributed by atoms with Crippen molar-refractivity contribution >= 4 is 17.0 Å². The van der Waals surface area contributed by atoms with Gasteiger partial charge in [0.1, 0.15) is 12.3 Å². The van der Waals surface area contributed by atoms with Gasteiger partial charge in [0.15, 0.2) is 0 Å². The normalized spacial score (nSPS) is 10.7. The van der Waals surface area contributed by atoms with Gasteiger partial charge in [-0.2, -0.15) is 0 Å². The standard InChI is InChI=1S/C12H13N3O5/c1-6-7(11(17)20-4-3-19-2)5-8-9(13-6)14-12(18)15-10(8)16/h5H,3-4H2,1-2H3,(H2,13,14,15,16,18). The van der Waals surface area contributed by atoms with Crippen LogP contribution in [0.4, 0.5) is 0 Å². The summed E-state index contributed by atoms with van der Waals surface area (Å²) in [4.78, 5) is 43.2. The second-order valence-corrected chi connectivity index (χ2v) is 4.05. The van der Waals surface area contributed by atoms with Crippen molar-refractivity contribution in [2.45, 2.75) is 6.92 Å². The summed E-state index contributed by atoms with van der Waals surface area (Å²) in [6, 6.07) is 1.35. The molecule has 0 fully saturated rings. The third kappa shape index (κ3) is 2.75. The summed E-state index contributed by atoms with van der Waals surface area (Å²) in [5.41, 5.74) is -0.593. The highest BCUT2D eigenvalue weighted by Gasteiger charge is 2.15. The average molecular weight is 279 g/mol. The molecule has 8 nitrogen and oxygen atoms in total. The highest BCUT2D eigenvalue weighted by molar-refractivity contribution is 5.94. The van der Waals surface area contributed by atoms with Crippen molar-refractivity contribution in [2.75, 3.05) is 20.3 Å². The van der Waals surface area contributed by atoms with E-state index in [2.05, 4.69) is 15.0 Å². The van der Waals surface area contributed by atoms with E-state index in [9.17, 15) is 14.4 Å². The number of aromatic nitrogens is 3. The third-order valence-electron chi connectivity index (χ3n) is 2.66. The Labute approximate surface area is 112 Å². The van der Waals surface area contributed by atoms with E-state index >= 15 is 0 Å². The molecule has 106 valence electrons. The Balaban J connectivity index is 2.45. The lowest BCUT2D eigenvalue weighted by Gasteiger charge is -2.07. The van der Waals surface area contributed by atoms with Gasteiger partial charge in [0.25, 0.3) is 5.56 Å². The summed E-state index contributed by atoms with van der Waals surface area (Å²) >= 11 is 0. The number of pyridine rings is 1. The van der Waals surface area contributed by atoms with Gasteiger partial charge in [-0.1, -0.05) is 0 Å². The minimum atomic E-state index is -0.648. The van der Waals surface area contributed by atoms with Crippen molar-refractivity contribution in [3.05, 3.63) is 38.2 Å². The van der Waals surface area contributed by atoms with Crippen LogP contribution >= 0.6 is 0 Å². The number of H-pyrrole nitrogens is 2. The maximum Gasteiger partial charge on any atom is 0.340 e. The number of hydrogen-bond acceptors (Lipinski definition) is 6. The van der Waals surface area contributed by atoms with E-state index in [1.165, 1.54) is 13.2 Å². The maximum atomic E-state index is 11.9. The molecular weight excluding hydrogens is 266 g/mol. The highest BCUT2D eigenvalue weighted by Crippen LogP contribution is 2.12. The average Bonchev–Trinajstić information content (AvgIpc) is 2.37. The first kappa shape index (κ1) is 13.9. The van der Waals surface area contributed by atoms with Gasteiger partial charge in [0.2, 0.25) is 0 Å². The first-order valence-corrected chi connectivity index (χ1v) is 5.83. The van der Waals surface area contributed by atoms with E-state index in [1.54, 1.807) is 6.92 Å². The summed E-state index contributed by atoms with van der Waals surface area (Å²) in [5, 5.41) is 0.119. The van der Waals surface area contributed by atoms with Crippen molar-refractivity contribution in [3.8, 4) is 0 Å². The first-order valence-electron chi connectivity index (χ1n) is 5.83. The van der Waals surface area contributed by atoms with Crippen molar-refractivity contribution in [1.29, 1.82) is 0 Å².